The highest BCUT2D eigenvalue weighted by Crippen LogP contribution is 2.40. The molecule has 0 bridgehead atoms. The van der Waals surface area contributed by atoms with Crippen LogP contribution in [0.15, 0.2) is 0 Å². The molecule has 2 aliphatic rings. The zero-order valence-electron chi connectivity index (χ0n) is 10.9. The molecule has 2 rings (SSSR count). The summed E-state index contributed by atoms with van der Waals surface area (Å²) in [6, 6.07) is 0.471. The number of amides is 1. The topological polar surface area (TPSA) is 20.3 Å². The van der Waals surface area contributed by atoms with Crippen LogP contribution in [-0.4, -0.2) is 29.3 Å². The van der Waals surface area contributed by atoms with E-state index >= 15 is 0 Å². The second kappa shape index (κ2) is 5.60. The summed E-state index contributed by atoms with van der Waals surface area (Å²) in [5, 5.41) is 0. The molecule has 98 valence electrons. The molecular weight excluding hydrogens is 234 g/mol. The van der Waals surface area contributed by atoms with Gasteiger partial charge in [-0.05, 0) is 25.7 Å². The Hall–Kier alpha value is -0.240. The van der Waals surface area contributed by atoms with Crippen LogP contribution in [0.25, 0.3) is 0 Å². The fourth-order valence-corrected chi connectivity index (χ4v) is 3.65. The number of hydrogen-bond acceptors (Lipinski definition) is 1. The van der Waals surface area contributed by atoms with Crippen molar-refractivity contribution in [2.24, 2.45) is 5.41 Å². The lowest BCUT2D eigenvalue weighted by Gasteiger charge is -2.35. The normalized spacial score (nSPS) is 24.1. The van der Waals surface area contributed by atoms with Crippen molar-refractivity contribution in [1.82, 2.24) is 4.90 Å². The first-order valence-corrected chi connectivity index (χ1v) is 7.58. The molecule has 2 nitrogen and oxygen atoms in total. The zero-order valence-corrected chi connectivity index (χ0v) is 11.6. The Kier molecular flexibility index (Phi) is 4.35. The lowest BCUT2D eigenvalue weighted by Crippen LogP contribution is -2.47. The largest absolute Gasteiger partial charge is 0.338 e. The minimum atomic E-state index is -0.0886. The highest BCUT2D eigenvalue weighted by Gasteiger charge is 2.41. The minimum absolute atomic E-state index is 0.0886. The zero-order chi connectivity index (χ0) is 12.3. The third-order valence-corrected chi connectivity index (χ3v) is 4.74. The van der Waals surface area contributed by atoms with Gasteiger partial charge in [-0.3, -0.25) is 4.79 Å². The Morgan fingerprint density at radius 3 is 2.35 bits per heavy atom. The highest BCUT2D eigenvalue weighted by molar-refractivity contribution is 6.18. The van der Waals surface area contributed by atoms with Gasteiger partial charge in [0.1, 0.15) is 0 Å². The van der Waals surface area contributed by atoms with E-state index in [2.05, 4.69) is 11.8 Å². The van der Waals surface area contributed by atoms with Gasteiger partial charge in [-0.2, -0.15) is 0 Å². The lowest BCUT2D eigenvalue weighted by molar-refractivity contribution is -0.143. The van der Waals surface area contributed by atoms with Crippen molar-refractivity contribution in [3.8, 4) is 0 Å². The van der Waals surface area contributed by atoms with Crippen LogP contribution in [-0.2, 0) is 4.79 Å². The summed E-state index contributed by atoms with van der Waals surface area (Å²) in [5.74, 6) is 0.945. The molecule has 17 heavy (non-hydrogen) atoms. The van der Waals surface area contributed by atoms with Gasteiger partial charge < -0.3 is 4.90 Å². The molecule has 0 unspecified atom stereocenters. The van der Waals surface area contributed by atoms with E-state index in [1.807, 2.05) is 0 Å². The summed E-state index contributed by atoms with van der Waals surface area (Å²) >= 11 is 5.88. The molecule has 1 amide bonds. The van der Waals surface area contributed by atoms with Crippen molar-refractivity contribution >= 4 is 17.5 Å². The maximum absolute atomic E-state index is 12.7. The van der Waals surface area contributed by atoms with Crippen molar-refractivity contribution < 1.29 is 4.79 Å². The monoisotopic (exact) mass is 257 g/mol. The lowest BCUT2D eigenvalue weighted by atomic mass is 9.86. The van der Waals surface area contributed by atoms with Crippen molar-refractivity contribution in [3.63, 3.8) is 0 Å². The molecule has 0 aromatic heterocycles. The van der Waals surface area contributed by atoms with Crippen LogP contribution in [0.2, 0.25) is 0 Å². The van der Waals surface area contributed by atoms with E-state index < -0.39 is 0 Å². The van der Waals surface area contributed by atoms with Gasteiger partial charge in [0.25, 0.3) is 0 Å². The first kappa shape index (κ1) is 13.2. The first-order valence-electron chi connectivity index (χ1n) is 7.04. The first-order chi connectivity index (χ1) is 8.17. The number of carbonyl (C=O) groups excluding carboxylic acids is 1. The SMILES string of the molecule is CC1(C(=O)N(CCCl)C2CCCC2)CCCC1. The summed E-state index contributed by atoms with van der Waals surface area (Å²) in [4.78, 5) is 14.8. The van der Waals surface area contributed by atoms with Crippen molar-refractivity contribution in [1.29, 1.82) is 0 Å². The predicted octanol–water partition coefficient (Wildman–Crippen LogP) is 3.58. The van der Waals surface area contributed by atoms with Crippen molar-refractivity contribution in [2.45, 2.75) is 64.3 Å². The summed E-state index contributed by atoms with van der Waals surface area (Å²) in [5.41, 5.74) is -0.0886. The average Bonchev–Trinajstić information content (AvgIpc) is 2.96. The van der Waals surface area contributed by atoms with Crippen LogP contribution in [0, 0.1) is 5.41 Å². The number of hydrogen-bond donors (Lipinski definition) is 0. The molecule has 3 heteroatoms. The van der Waals surface area contributed by atoms with E-state index in [4.69, 9.17) is 11.6 Å². The van der Waals surface area contributed by atoms with Crippen LogP contribution in [0.4, 0.5) is 0 Å². The third-order valence-electron chi connectivity index (χ3n) is 4.58. The second-order valence-electron chi connectivity index (χ2n) is 5.89. The Balaban J connectivity index is 2.06. The smallest absolute Gasteiger partial charge is 0.228 e. The number of alkyl halides is 1. The van der Waals surface area contributed by atoms with Crippen LogP contribution >= 0.6 is 11.6 Å². The van der Waals surface area contributed by atoms with Gasteiger partial charge in [0.05, 0.1) is 0 Å². The van der Waals surface area contributed by atoms with Gasteiger partial charge in [0, 0.05) is 23.9 Å². The van der Waals surface area contributed by atoms with E-state index in [0.717, 1.165) is 19.4 Å². The van der Waals surface area contributed by atoms with Crippen LogP contribution < -0.4 is 0 Å². The predicted molar refractivity (Wildman–Crippen MR) is 71.3 cm³/mol. The average molecular weight is 258 g/mol. The summed E-state index contributed by atoms with van der Waals surface area (Å²) in [6.45, 7) is 2.89. The third kappa shape index (κ3) is 2.78. The van der Waals surface area contributed by atoms with Gasteiger partial charge in [-0.25, -0.2) is 0 Å². The molecular formula is C14H24ClNO. The van der Waals surface area contributed by atoms with Gasteiger partial charge in [0.15, 0.2) is 0 Å². The van der Waals surface area contributed by atoms with E-state index in [0.29, 0.717) is 17.8 Å². The van der Waals surface area contributed by atoms with Gasteiger partial charge >= 0.3 is 0 Å². The van der Waals surface area contributed by atoms with Crippen LogP contribution in [0.1, 0.15) is 58.3 Å². The van der Waals surface area contributed by atoms with Gasteiger partial charge in [-0.15, -0.1) is 11.6 Å². The maximum atomic E-state index is 12.7. The molecule has 0 radical (unpaired) electrons. The van der Waals surface area contributed by atoms with Crippen molar-refractivity contribution in [3.05, 3.63) is 0 Å². The fraction of sp³-hybridized carbons (Fsp3) is 0.929. The Morgan fingerprint density at radius 2 is 1.82 bits per heavy atom. The summed E-state index contributed by atoms with van der Waals surface area (Å²) < 4.78 is 0. The van der Waals surface area contributed by atoms with E-state index in [1.165, 1.54) is 38.5 Å². The molecule has 0 spiro atoms. The fourth-order valence-electron chi connectivity index (χ4n) is 3.47. The van der Waals surface area contributed by atoms with Gasteiger partial charge in [0.2, 0.25) is 5.91 Å². The molecule has 2 saturated carbocycles. The van der Waals surface area contributed by atoms with Crippen LogP contribution in [0.3, 0.4) is 0 Å². The molecule has 2 aliphatic carbocycles. The molecule has 0 saturated heterocycles. The van der Waals surface area contributed by atoms with E-state index in [9.17, 15) is 4.79 Å². The van der Waals surface area contributed by atoms with E-state index in [1.54, 1.807) is 0 Å². The second-order valence-corrected chi connectivity index (χ2v) is 6.27. The molecule has 0 N–H and O–H groups in total. The summed E-state index contributed by atoms with van der Waals surface area (Å²) in [6.07, 6.45) is 9.45. The Labute approximate surface area is 110 Å². The maximum Gasteiger partial charge on any atom is 0.228 e. The number of halogens is 1. The standard InChI is InChI=1S/C14H24ClNO/c1-14(8-4-5-9-14)13(17)16(11-10-15)12-6-2-3-7-12/h12H,2-11H2,1H3. The van der Waals surface area contributed by atoms with Gasteiger partial charge in [-0.1, -0.05) is 32.6 Å². The molecule has 0 heterocycles. The van der Waals surface area contributed by atoms with E-state index in [-0.39, 0.29) is 5.41 Å². The molecule has 0 aromatic rings. The van der Waals surface area contributed by atoms with Crippen molar-refractivity contribution in [2.75, 3.05) is 12.4 Å². The number of nitrogens with zero attached hydrogens (tertiary/aromatic N) is 1. The molecule has 0 atom stereocenters. The highest BCUT2D eigenvalue weighted by atomic mass is 35.5. The van der Waals surface area contributed by atoms with Crippen LogP contribution in [0.5, 0.6) is 0 Å². The Bertz CT molecular complexity index is 267. The molecule has 0 aromatic carbocycles. The Morgan fingerprint density at radius 1 is 1.24 bits per heavy atom. The molecule has 0 aliphatic heterocycles. The quantitative estimate of drug-likeness (QED) is 0.705. The minimum Gasteiger partial charge on any atom is -0.338 e. The number of carbonyl (C=O) groups is 1. The summed E-state index contributed by atoms with van der Waals surface area (Å²) in [7, 11) is 0. The number of rotatable bonds is 4. The molecule has 2 fully saturated rings.